The van der Waals surface area contributed by atoms with Crippen molar-refractivity contribution in [1.82, 2.24) is 0 Å². The fourth-order valence-corrected chi connectivity index (χ4v) is 2.28. The molecular weight excluding hydrogens is 132 g/mol. The normalized spacial score (nSPS) is 34.0. The van der Waals surface area contributed by atoms with Crippen LogP contribution in [-0.2, 0) is 11.2 Å². The summed E-state index contributed by atoms with van der Waals surface area (Å²) >= 11 is -0.431. The van der Waals surface area contributed by atoms with Crippen LogP contribution >= 0.6 is 0 Å². The Hall–Kier alpha value is 0.310. The zero-order valence-electron chi connectivity index (χ0n) is 5.93. The second-order valence-corrected chi connectivity index (χ2v) is 4.47. The summed E-state index contributed by atoms with van der Waals surface area (Å²) < 4.78 is 10.8. The van der Waals surface area contributed by atoms with Crippen LogP contribution < -0.4 is 0 Å². The molecule has 1 aliphatic rings. The van der Waals surface area contributed by atoms with E-state index in [-0.39, 0.29) is 0 Å². The fourth-order valence-electron chi connectivity index (χ4n) is 1.09. The van der Waals surface area contributed by atoms with Crippen molar-refractivity contribution < 1.29 is 4.55 Å². The molecule has 1 rings (SSSR count). The molecule has 0 radical (unpaired) electrons. The highest BCUT2D eigenvalue weighted by atomic mass is 32.2. The van der Waals surface area contributed by atoms with E-state index < -0.39 is 11.2 Å². The average Bonchev–Trinajstić information content (AvgIpc) is 1.86. The van der Waals surface area contributed by atoms with Gasteiger partial charge in [-0.1, -0.05) is 24.5 Å². The lowest BCUT2D eigenvalue weighted by Gasteiger charge is -2.29. The fraction of sp³-hybridized carbons (Fsp3) is 1.00. The van der Waals surface area contributed by atoms with Crippen molar-refractivity contribution in [3.63, 3.8) is 0 Å². The third-order valence-corrected chi connectivity index (χ3v) is 3.75. The number of unbranched alkanes of at least 4 members (excludes halogenated alkanes) is 1. The first-order chi connectivity index (χ1) is 4.34. The van der Waals surface area contributed by atoms with Crippen LogP contribution in [-0.4, -0.2) is 15.6 Å². The zero-order chi connectivity index (χ0) is 6.69. The minimum atomic E-state index is -0.431. The Morgan fingerprint density at radius 1 is 1.67 bits per heavy atom. The van der Waals surface area contributed by atoms with E-state index in [4.69, 9.17) is 0 Å². The third-order valence-electron chi connectivity index (χ3n) is 1.89. The van der Waals surface area contributed by atoms with E-state index in [9.17, 15) is 4.55 Å². The predicted molar refractivity (Wildman–Crippen MR) is 40.9 cm³/mol. The molecule has 0 aromatic heterocycles. The Bertz CT molecular complexity index is 85.0. The standard InChI is InChI=1S/C7H14OS/c1-2-3-4-7-5-6-9(7)8/h7H,2-6H2,1H3. The first kappa shape index (κ1) is 7.42. The highest BCUT2D eigenvalue weighted by Gasteiger charge is 2.31. The average molecular weight is 146 g/mol. The summed E-state index contributed by atoms with van der Waals surface area (Å²) in [7, 11) is 0. The summed E-state index contributed by atoms with van der Waals surface area (Å²) in [6.45, 7) is 2.18. The van der Waals surface area contributed by atoms with E-state index in [0.29, 0.717) is 5.25 Å². The summed E-state index contributed by atoms with van der Waals surface area (Å²) in [6.07, 6.45) is 4.92. The van der Waals surface area contributed by atoms with Crippen molar-refractivity contribution in [2.24, 2.45) is 0 Å². The predicted octanol–water partition coefficient (Wildman–Crippen LogP) is 1.70. The van der Waals surface area contributed by atoms with E-state index in [1.165, 1.54) is 25.7 Å². The second kappa shape index (κ2) is 3.47. The molecule has 1 heterocycles. The van der Waals surface area contributed by atoms with Gasteiger partial charge in [-0.05, 0) is 12.8 Å². The molecule has 0 aliphatic carbocycles. The lowest BCUT2D eigenvalue weighted by atomic mass is 10.1. The summed E-state index contributed by atoms with van der Waals surface area (Å²) in [5, 5.41) is 0.574. The largest absolute Gasteiger partial charge is 0.616 e. The lowest BCUT2D eigenvalue weighted by Crippen LogP contribution is -2.36. The van der Waals surface area contributed by atoms with E-state index in [0.717, 1.165) is 5.75 Å². The van der Waals surface area contributed by atoms with Gasteiger partial charge in [0.1, 0.15) is 11.0 Å². The molecule has 2 heteroatoms. The van der Waals surface area contributed by atoms with Crippen LogP contribution in [0.2, 0.25) is 0 Å². The first-order valence-electron chi connectivity index (χ1n) is 3.71. The van der Waals surface area contributed by atoms with Gasteiger partial charge in [0.05, 0.1) is 0 Å². The van der Waals surface area contributed by atoms with Gasteiger partial charge in [-0.2, -0.15) is 0 Å². The number of hydrogen-bond acceptors (Lipinski definition) is 1. The molecule has 0 spiro atoms. The Morgan fingerprint density at radius 2 is 2.44 bits per heavy atom. The van der Waals surface area contributed by atoms with Gasteiger partial charge in [0.25, 0.3) is 0 Å². The maximum absolute atomic E-state index is 10.8. The monoisotopic (exact) mass is 146 g/mol. The van der Waals surface area contributed by atoms with E-state index >= 15 is 0 Å². The quantitative estimate of drug-likeness (QED) is 0.556. The van der Waals surface area contributed by atoms with E-state index in [2.05, 4.69) is 6.92 Å². The molecule has 0 amide bonds. The van der Waals surface area contributed by atoms with Crippen LogP contribution in [0, 0.1) is 0 Å². The van der Waals surface area contributed by atoms with E-state index in [1.807, 2.05) is 0 Å². The van der Waals surface area contributed by atoms with Crippen molar-refractivity contribution >= 4 is 11.2 Å². The van der Waals surface area contributed by atoms with Crippen LogP contribution in [0.1, 0.15) is 32.6 Å². The lowest BCUT2D eigenvalue weighted by molar-refractivity contribution is 0.525. The smallest absolute Gasteiger partial charge is 0.120 e. The van der Waals surface area contributed by atoms with Gasteiger partial charge in [-0.25, -0.2) is 0 Å². The number of hydrogen-bond donors (Lipinski definition) is 0. The van der Waals surface area contributed by atoms with Crippen molar-refractivity contribution in [1.29, 1.82) is 0 Å². The Labute approximate surface area is 60.0 Å². The minimum absolute atomic E-state index is 0.431. The summed E-state index contributed by atoms with van der Waals surface area (Å²) in [5.41, 5.74) is 0. The molecule has 1 saturated heterocycles. The SMILES string of the molecule is CCCCC1CC[S+]1[O-]. The zero-order valence-corrected chi connectivity index (χ0v) is 6.75. The molecule has 9 heavy (non-hydrogen) atoms. The van der Waals surface area contributed by atoms with Crippen LogP contribution in [0.5, 0.6) is 0 Å². The Kier molecular flexibility index (Phi) is 2.86. The molecule has 2 unspecified atom stereocenters. The summed E-state index contributed by atoms with van der Waals surface area (Å²) in [4.78, 5) is 0. The van der Waals surface area contributed by atoms with Gasteiger partial charge in [0, 0.05) is 6.42 Å². The van der Waals surface area contributed by atoms with Crippen LogP contribution in [0.25, 0.3) is 0 Å². The first-order valence-corrected chi connectivity index (χ1v) is 5.10. The molecule has 1 nitrogen and oxygen atoms in total. The van der Waals surface area contributed by atoms with Crippen LogP contribution in [0.15, 0.2) is 0 Å². The van der Waals surface area contributed by atoms with Crippen molar-refractivity contribution in [2.45, 2.75) is 37.9 Å². The van der Waals surface area contributed by atoms with Crippen molar-refractivity contribution in [3.8, 4) is 0 Å². The topological polar surface area (TPSA) is 23.1 Å². The van der Waals surface area contributed by atoms with Crippen molar-refractivity contribution in [3.05, 3.63) is 0 Å². The molecule has 0 aromatic carbocycles. The highest BCUT2D eigenvalue weighted by Crippen LogP contribution is 2.24. The van der Waals surface area contributed by atoms with Gasteiger partial charge >= 0.3 is 0 Å². The number of rotatable bonds is 3. The van der Waals surface area contributed by atoms with Crippen molar-refractivity contribution in [2.75, 3.05) is 5.75 Å². The Balaban J connectivity index is 1.99. The molecular formula is C7H14OS. The van der Waals surface area contributed by atoms with Gasteiger partial charge in [0.2, 0.25) is 0 Å². The molecule has 0 aromatic rings. The van der Waals surface area contributed by atoms with Gasteiger partial charge in [-0.15, -0.1) is 0 Å². The molecule has 1 aliphatic heterocycles. The van der Waals surface area contributed by atoms with Crippen LogP contribution in [0.4, 0.5) is 0 Å². The second-order valence-electron chi connectivity index (χ2n) is 2.64. The highest BCUT2D eigenvalue weighted by molar-refractivity contribution is 7.93. The summed E-state index contributed by atoms with van der Waals surface area (Å²) in [6, 6.07) is 0. The van der Waals surface area contributed by atoms with Gasteiger partial charge < -0.3 is 4.55 Å². The molecule has 1 fully saturated rings. The molecule has 0 bridgehead atoms. The van der Waals surface area contributed by atoms with Crippen LogP contribution in [0.3, 0.4) is 0 Å². The third kappa shape index (κ3) is 1.87. The molecule has 54 valence electrons. The maximum atomic E-state index is 10.8. The maximum Gasteiger partial charge on any atom is 0.120 e. The minimum Gasteiger partial charge on any atom is -0.616 e. The summed E-state index contributed by atoms with van der Waals surface area (Å²) in [5.74, 6) is 0.967. The molecule has 0 saturated carbocycles. The van der Waals surface area contributed by atoms with E-state index in [1.54, 1.807) is 0 Å². The van der Waals surface area contributed by atoms with Gasteiger partial charge in [0.15, 0.2) is 0 Å². The molecule has 2 atom stereocenters. The van der Waals surface area contributed by atoms with Gasteiger partial charge in [-0.3, -0.25) is 0 Å². The Morgan fingerprint density at radius 3 is 2.78 bits per heavy atom. The molecule has 0 N–H and O–H groups in total.